The number of carbonyl (C=O) groups is 1. The van der Waals surface area contributed by atoms with Gasteiger partial charge in [-0.2, -0.15) is 0 Å². The predicted octanol–water partition coefficient (Wildman–Crippen LogP) is 1.01. The van der Waals surface area contributed by atoms with E-state index < -0.39 is 11.4 Å². The molecule has 18 heavy (non-hydrogen) atoms. The van der Waals surface area contributed by atoms with Gasteiger partial charge in [-0.15, -0.1) is 0 Å². The van der Waals surface area contributed by atoms with Gasteiger partial charge in [0.15, 0.2) is 0 Å². The lowest BCUT2D eigenvalue weighted by atomic mass is 9.90. The van der Waals surface area contributed by atoms with Gasteiger partial charge in [-0.1, -0.05) is 6.92 Å². The SMILES string of the molecule is CCNC(C)(C(N)=O)c1ccc(OC)cc1OC. The van der Waals surface area contributed by atoms with Crippen LogP contribution in [0.2, 0.25) is 0 Å². The van der Waals surface area contributed by atoms with Gasteiger partial charge in [-0.05, 0) is 25.6 Å². The molecule has 1 aromatic rings. The minimum Gasteiger partial charge on any atom is -0.497 e. The van der Waals surface area contributed by atoms with Crippen molar-refractivity contribution >= 4 is 5.91 Å². The summed E-state index contributed by atoms with van der Waals surface area (Å²) in [7, 11) is 3.12. The minimum atomic E-state index is -0.966. The van der Waals surface area contributed by atoms with Gasteiger partial charge >= 0.3 is 0 Å². The summed E-state index contributed by atoms with van der Waals surface area (Å²) in [6.45, 7) is 4.27. The molecule has 100 valence electrons. The molecule has 1 unspecified atom stereocenters. The van der Waals surface area contributed by atoms with E-state index in [0.717, 1.165) is 0 Å². The molecule has 1 rings (SSSR count). The van der Waals surface area contributed by atoms with Gasteiger partial charge in [-0.25, -0.2) is 0 Å². The quantitative estimate of drug-likeness (QED) is 0.792. The van der Waals surface area contributed by atoms with Crippen LogP contribution in [0, 0.1) is 0 Å². The first-order valence-electron chi connectivity index (χ1n) is 5.77. The first-order valence-corrected chi connectivity index (χ1v) is 5.77. The molecule has 0 spiro atoms. The van der Waals surface area contributed by atoms with Crippen LogP contribution in [0.1, 0.15) is 19.4 Å². The van der Waals surface area contributed by atoms with E-state index in [-0.39, 0.29) is 0 Å². The van der Waals surface area contributed by atoms with E-state index in [2.05, 4.69) is 5.32 Å². The van der Waals surface area contributed by atoms with Crippen LogP contribution in [-0.4, -0.2) is 26.7 Å². The Bertz CT molecular complexity index is 434. The summed E-state index contributed by atoms with van der Waals surface area (Å²) in [4.78, 5) is 11.7. The molecule has 5 nitrogen and oxygen atoms in total. The van der Waals surface area contributed by atoms with Crippen LogP contribution in [0.15, 0.2) is 18.2 Å². The Morgan fingerprint density at radius 2 is 2.06 bits per heavy atom. The normalized spacial score (nSPS) is 13.8. The number of rotatable bonds is 6. The summed E-state index contributed by atoms with van der Waals surface area (Å²) in [6, 6.07) is 5.29. The van der Waals surface area contributed by atoms with Crippen molar-refractivity contribution in [2.24, 2.45) is 5.73 Å². The van der Waals surface area contributed by atoms with Crippen molar-refractivity contribution in [2.45, 2.75) is 19.4 Å². The number of nitrogens with two attached hydrogens (primary N) is 1. The summed E-state index contributed by atoms with van der Waals surface area (Å²) in [5.74, 6) is 0.781. The number of nitrogens with one attached hydrogen (secondary N) is 1. The smallest absolute Gasteiger partial charge is 0.242 e. The average molecular weight is 252 g/mol. The number of likely N-dealkylation sites (N-methyl/N-ethyl adjacent to an activating group) is 1. The molecule has 0 aromatic heterocycles. The number of hydrogen-bond donors (Lipinski definition) is 2. The Kier molecular flexibility index (Phi) is 4.55. The predicted molar refractivity (Wildman–Crippen MR) is 69.8 cm³/mol. The molecule has 0 aliphatic carbocycles. The fourth-order valence-electron chi connectivity index (χ4n) is 1.88. The summed E-state index contributed by atoms with van der Waals surface area (Å²) in [5, 5.41) is 3.09. The minimum absolute atomic E-state index is 0.451. The summed E-state index contributed by atoms with van der Waals surface area (Å²) >= 11 is 0. The van der Waals surface area contributed by atoms with Gasteiger partial charge in [0.25, 0.3) is 0 Å². The first kappa shape index (κ1) is 14.3. The monoisotopic (exact) mass is 252 g/mol. The van der Waals surface area contributed by atoms with Crippen LogP contribution in [0.25, 0.3) is 0 Å². The first-order chi connectivity index (χ1) is 8.49. The lowest BCUT2D eigenvalue weighted by Gasteiger charge is -2.29. The number of benzene rings is 1. The molecule has 0 saturated heterocycles. The van der Waals surface area contributed by atoms with Gasteiger partial charge in [-0.3, -0.25) is 4.79 Å². The Morgan fingerprint density at radius 1 is 1.39 bits per heavy atom. The van der Waals surface area contributed by atoms with Gasteiger partial charge in [0.2, 0.25) is 5.91 Å². The van der Waals surface area contributed by atoms with E-state index in [0.29, 0.717) is 23.6 Å². The van der Waals surface area contributed by atoms with Crippen molar-refractivity contribution in [3.63, 3.8) is 0 Å². The second-order valence-electron chi connectivity index (χ2n) is 4.09. The van der Waals surface area contributed by atoms with E-state index in [4.69, 9.17) is 15.2 Å². The molecule has 1 aromatic carbocycles. The number of carbonyl (C=O) groups excluding carboxylic acids is 1. The van der Waals surface area contributed by atoms with E-state index in [1.807, 2.05) is 6.92 Å². The standard InChI is InChI=1S/C13H20N2O3/c1-5-15-13(2,12(14)16)10-7-6-9(17-3)8-11(10)18-4/h6-8,15H,5H2,1-4H3,(H2,14,16). The number of primary amides is 1. The number of amides is 1. The van der Waals surface area contributed by atoms with Crippen LogP contribution in [0.5, 0.6) is 11.5 Å². The van der Waals surface area contributed by atoms with Crippen LogP contribution in [-0.2, 0) is 10.3 Å². The molecule has 0 radical (unpaired) electrons. The van der Waals surface area contributed by atoms with Crippen LogP contribution >= 0.6 is 0 Å². The highest BCUT2D eigenvalue weighted by Gasteiger charge is 2.35. The second-order valence-corrected chi connectivity index (χ2v) is 4.09. The van der Waals surface area contributed by atoms with E-state index in [9.17, 15) is 4.79 Å². The fourth-order valence-corrected chi connectivity index (χ4v) is 1.88. The topological polar surface area (TPSA) is 73.6 Å². The molecule has 1 amide bonds. The highest BCUT2D eigenvalue weighted by molar-refractivity contribution is 5.86. The Morgan fingerprint density at radius 3 is 2.50 bits per heavy atom. The van der Waals surface area contributed by atoms with Gasteiger partial charge in [0, 0.05) is 11.6 Å². The molecular formula is C13H20N2O3. The molecule has 0 aliphatic rings. The van der Waals surface area contributed by atoms with E-state index >= 15 is 0 Å². The van der Waals surface area contributed by atoms with Gasteiger partial charge in [0.1, 0.15) is 17.0 Å². The van der Waals surface area contributed by atoms with Crippen LogP contribution < -0.4 is 20.5 Å². The maximum atomic E-state index is 11.7. The molecule has 1 atom stereocenters. The van der Waals surface area contributed by atoms with Crippen molar-refractivity contribution in [2.75, 3.05) is 20.8 Å². The lowest BCUT2D eigenvalue weighted by molar-refractivity contribution is -0.124. The average Bonchev–Trinajstić information content (AvgIpc) is 2.37. The fraction of sp³-hybridized carbons (Fsp3) is 0.462. The maximum Gasteiger partial charge on any atom is 0.242 e. The number of hydrogen-bond acceptors (Lipinski definition) is 4. The molecule has 0 saturated carbocycles. The van der Waals surface area contributed by atoms with E-state index in [1.54, 1.807) is 39.3 Å². The Balaban J connectivity index is 3.32. The zero-order chi connectivity index (χ0) is 13.8. The van der Waals surface area contributed by atoms with Crippen molar-refractivity contribution in [1.29, 1.82) is 0 Å². The van der Waals surface area contributed by atoms with E-state index in [1.165, 1.54) is 0 Å². The molecule has 5 heteroatoms. The van der Waals surface area contributed by atoms with Crippen molar-refractivity contribution < 1.29 is 14.3 Å². The van der Waals surface area contributed by atoms with Crippen molar-refractivity contribution in [1.82, 2.24) is 5.32 Å². The van der Waals surface area contributed by atoms with Gasteiger partial charge < -0.3 is 20.5 Å². The third kappa shape index (κ3) is 2.56. The number of ether oxygens (including phenoxy) is 2. The van der Waals surface area contributed by atoms with Crippen molar-refractivity contribution in [3.05, 3.63) is 23.8 Å². The molecule has 0 aliphatic heterocycles. The highest BCUT2D eigenvalue weighted by Crippen LogP contribution is 2.32. The largest absolute Gasteiger partial charge is 0.497 e. The molecule has 3 N–H and O–H groups in total. The lowest BCUT2D eigenvalue weighted by Crippen LogP contribution is -2.50. The summed E-state index contributed by atoms with van der Waals surface area (Å²) in [5.41, 5.74) is 5.22. The van der Waals surface area contributed by atoms with Crippen LogP contribution in [0.3, 0.4) is 0 Å². The maximum absolute atomic E-state index is 11.7. The Hall–Kier alpha value is -1.75. The molecule has 0 heterocycles. The zero-order valence-electron chi connectivity index (χ0n) is 11.2. The number of methoxy groups -OCH3 is 2. The summed E-state index contributed by atoms with van der Waals surface area (Å²) in [6.07, 6.45) is 0. The summed E-state index contributed by atoms with van der Waals surface area (Å²) < 4.78 is 10.4. The van der Waals surface area contributed by atoms with Crippen molar-refractivity contribution in [3.8, 4) is 11.5 Å². The highest BCUT2D eigenvalue weighted by atomic mass is 16.5. The third-order valence-electron chi connectivity index (χ3n) is 2.97. The third-order valence-corrected chi connectivity index (χ3v) is 2.97. The molecule has 0 bridgehead atoms. The Labute approximate surface area is 107 Å². The van der Waals surface area contributed by atoms with Crippen LogP contribution in [0.4, 0.5) is 0 Å². The second kappa shape index (κ2) is 5.73. The van der Waals surface area contributed by atoms with Gasteiger partial charge in [0.05, 0.1) is 14.2 Å². The molecular weight excluding hydrogens is 232 g/mol. The molecule has 0 fully saturated rings. The zero-order valence-corrected chi connectivity index (χ0v) is 11.2.